The zero-order valence-electron chi connectivity index (χ0n) is 4.72. The average molecular weight is 117 g/mol. The number of amides is 1. The van der Waals surface area contributed by atoms with Crippen molar-refractivity contribution in [3.05, 3.63) is 0 Å². The van der Waals surface area contributed by atoms with Gasteiger partial charge in [0, 0.05) is 20.0 Å². The molecule has 0 bridgehead atoms. The highest BCUT2D eigenvalue weighted by Gasteiger charge is 2.27. The fraction of sp³-hybridized carbons (Fsp3) is 0.800. The fourth-order valence-electron chi connectivity index (χ4n) is 0.780. The molecule has 0 saturated carbocycles. The van der Waals surface area contributed by atoms with Gasteiger partial charge < -0.3 is 4.90 Å². The van der Waals surface area contributed by atoms with E-state index in [1.165, 1.54) is 4.90 Å². The van der Waals surface area contributed by atoms with Crippen LogP contribution in [0.5, 0.6) is 0 Å². The van der Waals surface area contributed by atoms with E-state index in [4.69, 9.17) is 0 Å². The second-order valence-corrected chi connectivity index (χ2v) is 2.02. The molecule has 0 N–H and O–H groups in total. The second kappa shape index (κ2) is 1.73. The Bertz CT molecular complexity index is 103. The monoisotopic (exact) mass is 117 g/mol. The summed E-state index contributed by atoms with van der Waals surface area (Å²) in [6, 6.07) is 0. The maximum absolute atomic E-state index is 12.2. The van der Waals surface area contributed by atoms with E-state index in [1.807, 2.05) is 0 Å². The van der Waals surface area contributed by atoms with Crippen LogP contribution < -0.4 is 0 Å². The van der Waals surface area contributed by atoms with Crippen molar-refractivity contribution >= 4 is 5.91 Å². The van der Waals surface area contributed by atoms with Crippen molar-refractivity contribution in [1.29, 1.82) is 0 Å². The molecule has 1 atom stereocenters. The molecule has 46 valence electrons. The molecule has 0 aliphatic carbocycles. The topological polar surface area (TPSA) is 20.3 Å². The van der Waals surface area contributed by atoms with Crippen LogP contribution in [0.4, 0.5) is 4.39 Å². The molecule has 1 saturated heterocycles. The normalized spacial score (nSPS) is 29.5. The molecule has 0 aromatic heterocycles. The molecule has 3 heteroatoms. The van der Waals surface area contributed by atoms with Crippen LogP contribution in [0.25, 0.3) is 0 Å². The average Bonchev–Trinajstić information content (AvgIpc) is 1.98. The highest BCUT2D eigenvalue weighted by atomic mass is 19.1. The predicted octanol–water partition coefficient (Wildman–Crippen LogP) is 0.187. The molecule has 2 nitrogen and oxygen atoms in total. The van der Waals surface area contributed by atoms with Gasteiger partial charge in [0.25, 0.3) is 5.91 Å². The van der Waals surface area contributed by atoms with E-state index in [-0.39, 0.29) is 5.91 Å². The summed E-state index contributed by atoms with van der Waals surface area (Å²) < 4.78 is 12.2. The summed E-state index contributed by atoms with van der Waals surface area (Å²) in [6.07, 6.45) is -0.852. The van der Waals surface area contributed by atoms with E-state index in [2.05, 4.69) is 0 Å². The van der Waals surface area contributed by atoms with E-state index >= 15 is 0 Å². The highest BCUT2D eigenvalue weighted by Crippen LogP contribution is 2.10. The van der Waals surface area contributed by atoms with Crippen molar-refractivity contribution in [2.75, 3.05) is 13.6 Å². The van der Waals surface area contributed by atoms with Gasteiger partial charge >= 0.3 is 0 Å². The lowest BCUT2D eigenvalue weighted by molar-refractivity contribution is -0.130. The van der Waals surface area contributed by atoms with Crippen LogP contribution in [0.3, 0.4) is 0 Å². The summed E-state index contributed by atoms with van der Waals surface area (Å²) in [5.41, 5.74) is 0. The third-order valence-electron chi connectivity index (χ3n) is 1.36. The summed E-state index contributed by atoms with van der Waals surface area (Å²) in [5.74, 6) is -0.370. The van der Waals surface area contributed by atoms with E-state index in [0.29, 0.717) is 13.0 Å². The Hall–Kier alpha value is -0.600. The lowest BCUT2D eigenvalue weighted by Gasteiger charge is -2.03. The van der Waals surface area contributed by atoms with E-state index < -0.39 is 6.17 Å². The zero-order chi connectivity index (χ0) is 6.15. The minimum atomic E-state index is -1.22. The van der Waals surface area contributed by atoms with Crippen LogP contribution in [0.2, 0.25) is 0 Å². The van der Waals surface area contributed by atoms with Crippen molar-refractivity contribution in [1.82, 2.24) is 4.90 Å². The maximum atomic E-state index is 12.2. The van der Waals surface area contributed by atoms with E-state index in [0.717, 1.165) is 0 Å². The van der Waals surface area contributed by atoms with Gasteiger partial charge in [0.05, 0.1) is 0 Å². The van der Waals surface area contributed by atoms with Crippen molar-refractivity contribution in [3.8, 4) is 0 Å². The zero-order valence-corrected chi connectivity index (χ0v) is 4.72. The van der Waals surface area contributed by atoms with Crippen LogP contribution in [0.15, 0.2) is 0 Å². The Morgan fingerprint density at radius 3 is 2.62 bits per heavy atom. The molecule has 0 aromatic rings. The third kappa shape index (κ3) is 0.680. The van der Waals surface area contributed by atoms with Gasteiger partial charge in [-0.1, -0.05) is 0 Å². The van der Waals surface area contributed by atoms with Gasteiger partial charge in [-0.25, -0.2) is 4.39 Å². The van der Waals surface area contributed by atoms with Crippen LogP contribution in [-0.4, -0.2) is 30.6 Å². The maximum Gasteiger partial charge on any atom is 0.256 e. The lowest BCUT2D eigenvalue weighted by Crippen LogP contribution is -2.22. The number of rotatable bonds is 0. The predicted molar refractivity (Wildman–Crippen MR) is 27.1 cm³/mol. The van der Waals surface area contributed by atoms with E-state index in [9.17, 15) is 9.18 Å². The molecule has 1 aliphatic rings. The van der Waals surface area contributed by atoms with Crippen molar-refractivity contribution < 1.29 is 9.18 Å². The first-order chi connectivity index (χ1) is 3.72. The molecule has 0 spiro atoms. The Kier molecular flexibility index (Phi) is 1.19. The lowest BCUT2D eigenvalue weighted by atomic mass is 10.3. The summed E-state index contributed by atoms with van der Waals surface area (Å²) >= 11 is 0. The molecule has 1 rings (SSSR count). The molecule has 1 amide bonds. The second-order valence-electron chi connectivity index (χ2n) is 2.02. The number of halogens is 1. The molecule has 1 aliphatic heterocycles. The van der Waals surface area contributed by atoms with Crippen molar-refractivity contribution in [2.24, 2.45) is 0 Å². The number of likely N-dealkylation sites (tertiary alicyclic amines) is 1. The van der Waals surface area contributed by atoms with Crippen LogP contribution in [0, 0.1) is 0 Å². The summed E-state index contributed by atoms with van der Waals surface area (Å²) in [4.78, 5) is 11.9. The van der Waals surface area contributed by atoms with Gasteiger partial charge in [0.15, 0.2) is 6.17 Å². The number of carbonyl (C=O) groups excluding carboxylic acids is 1. The fourth-order valence-corrected chi connectivity index (χ4v) is 0.780. The van der Waals surface area contributed by atoms with Gasteiger partial charge in [0.1, 0.15) is 0 Å². The first-order valence-corrected chi connectivity index (χ1v) is 2.61. The molecule has 0 unspecified atom stereocenters. The quantitative estimate of drug-likeness (QED) is 0.443. The Morgan fingerprint density at radius 1 is 1.88 bits per heavy atom. The molecule has 1 heterocycles. The molecule has 8 heavy (non-hydrogen) atoms. The van der Waals surface area contributed by atoms with Gasteiger partial charge in [-0.15, -0.1) is 0 Å². The number of hydrogen-bond donors (Lipinski definition) is 0. The highest BCUT2D eigenvalue weighted by molar-refractivity contribution is 5.82. The smallest absolute Gasteiger partial charge is 0.256 e. The van der Waals surface area contributed by atoms with Gasteiger partial charge in [-0.05, 0) is 0 Å². The minimum Gasteiger partial charge on any atom is -0.343 e. The summed E-state index contributed by atoms with van der Waals surface area (Å²) in [7, 11) is 1.61. The number of nitrogens with zero attached hydrogens (tertiary/aromatic N) is 1. The molecule has 1 fully saturated rings. The summed E-state index contributed by atoms with van der Waals surface area (Å²) in [5, 5.41) is 0. The Morgan fingerprint density at radius 2 is 2.50 bits per heavy atom. The van der Waals surface area contributed by atoms with Crippen molar-refractivity contribution in [2.45, 2.75) is 12.6 Å². The Balaban J connectivity index is 2.57. The standard InChI is InChI=1S/C5H8FNO/c1-7-3-2-4(6)5(7)8/h4H,2-3H2,1H3/t4-/m0/s1. The Labute approximate surface area is 47.3 Å². The van der Waals surface area contributed by atoms with Crippen LogP contribution >= 0.6 is 0 Å². The van der Waals surface area contributed by atoms with E-state index in [1.54, 1.807) is 7.05 Å². The van der Waals surface area contributed by atoms with Crippen molar-refractivity contribution in [3.63, 3.8) is 0 Å². The van der Waals surface area contributed by atoms with Crippen LogP contribution in [-0.2, 0) is 4.79 Å². The SMILES string of the molecule is CN1CC[C@H](F)C1=O. The van der Waals surface area contributed by atoms with Gasteiger partial charge in [0.2, 0.25) is 0 Å². The molecular weight excluding hydrogens is 109 g/mol. The summed E-state index contributed by atoms with van der Waals surface area (Å²) in [6.45, 7) is 0.569. The van der Waals surface area contributed by atoms with Gasteiger partial charge in [-0.2, -0.15) is 0 Å². The number of alkyl halides is 1. The number of hydrogen-bond acceptors (Lipinski definition) is 1. The van der Waals surface area contributed by atoms with Crippen LogP contribution in [0.1, 0.15) is 6.42 Å². The third-order valence-corrected chi connectivity index (χ3v) is 1.36. The van der Waals surface area contributed by atoms with Gasteiger partial charge in [-0.3, -0.25) is 4.79 Å². The first kappa shape index (κ1) is 5.54. The molecular formula is C5H8FNO. The first-order valence-electron chi connectivity index (χ1n) is 2.61. The number of carbonyl (C=O) groups is 1. The molecule has 0 aromatic carbocycles. The molecule has 0 radical (unpaired) electrons. The minimum absolute atomic E-state index is 0.370. The largest absolute Gasteiger partial charge is 0.343 e.